The molecule has 0 saturated carbocycles. The first-order chi connectivity index (χ1) is 15.8. The Morgan fingerprint density at radius 3 is 2.84 bits per heavy atom. The zero-order valence-corrected chi connectivity index (χ0v) is 17.7. The number of likely N-dealkylation sites (tertiary alicyclic amines) is 1. The number of rotatable bonds is 6. The van der Waals surface area contributed by atoms with E-state index in [9.17, 15) is 4.79 Å². The first-order valence-corrected chi connectivity index (χ1v) is 10.9. The molecule has 164 valence electrons. The van der Waals surface area contributed by atoms with Crippen LogP contribution in [0.1, 0.15) is 36.8 Å². The third kappa shape index (κ3) is 4.30. The molecule has 2 N–H and O–H groups in total. The van der Waals surface area contributed by atoms with Crippen LogP contribution in [0.3, 0.4) is 0 Å². The van der Waals surface area contributed by atoms with Gasteiger partial charge in [-0.15, -0.1) is 0 Å². The second-order valence-corrected chi connectivity index (χ2v) is 7.85. The number of amides is 1. The quantitative estimate of drug-likeness (QED) is 0.619. The standard InChI is InChI=1S/C24H25N5O3/c30-22(15-31-19-9-2-1-3-10-19)29-12-5-4-11-21(29)24-27-23(28-32-24)18-8-6-7-17(13-18)20-14-25-16-26-20/h1-3,6-10,13-14,21,25-26H,4-5,11-12,15-16H2/t21-/m0/s1. The molecule has 1 saturated heterocycles. The van der Waals surface area contributed by atoms with E-state index in [0.29, 0.717) is 30.7 Å². The van der Waals surface area contributed by atoms with Crippen molar-refractivity contribution < 1.29 is 14.1 Å². The maximum Gasteiger partial charge on any atom is 0.261 e. The minimum atomic E-state index is -0.233. The molecule has 3 heterocycles. The summed E-state index contributed by atoms with van der Waals surface area (Å²) >= 11 is 0. The van der Waals surface area contributed by atoms with Crippen molar-refractivity contribution >= 4 is 11.6 Å². The molecular formula is C24H25N5O3. The zero-order valence-electron chi connectivity index (χ0n) is 17.7. The summed E-state index contributed by atoms with van der Waals surface area (Å²) in [6, 6.07) is 17.1. The van der Waals surface area contributed by atoms with Crippen LogP contribution in [-0.2, 0) is 4.79 Å². The monoisotopic (exact) mass is 431 g/mol. The van der Waals surface area contributed by atoms with Crippen molar-refractivity contribution in [2.75, 3.05) is 19.8 Å². The highest BCUT2D eigenvalue weighted by molar-refractivity contribution is 5.78. The average molecular weight is 431 g/mol. The lowest BCUT2D eigenvalue weighted by Crippen LogP contribution is -2.41. The third-order valence-electron chi connectivity index (χ3n) is 5.71. The van der Waals surface area contributed by atoms with Crippen molar-refractivity contribution in [3.8, 4) is 17.1 Å². The van der Waals surface area contributed by atoms with Crippen LogP contribution in [0.25, 0.3) is 17.1 Å². The maximum absolute atomic E-state index is 12.9. The summed E-state index contributed by atoms with van der Waals surface area (Å²) in [5.41, 5.74) is 2.94. The second kappa shape index (κ2) is 9.13. The molecule has 0 spiro atoms. The summed E-state index contributed by atoms with van der Waals surface area (Å²) in [6.45, 7) is 1.35. The van der Waals surface area contributed by atoms with E-state index in [1.165, 1.54) is 0 Å². The Morgan fingerprint density at radius 1 is 1.12 bits per heavy atom. The van der Waals surface area contributed by atoms with Crippen molar-refractivity contribution in [1.82, 2.24) is 25.7 Å². The first-order valence-electron chi connectivity index (χ1n) is 10.9. The fourth-order valence-electron chi connectivity index (χ4n) is 4.08. The van der Waals surface area contributed by atoms with Crippen LogP contribution in [0.2, 0.25) is 0 Å². The second-order valence-electron chi connectivity index (χ2n) is 7.85. The Hall–Kier alpha value is -3.81. The van der Waals surface area contributed by atoms with Crippen LogP contribution >= 0.6 is 0 Å². The van der Waals surface area contributed by atoms with E-state index >= 15 is 0 Å². The van der Waals surface area contributed by atoms with Crippen LogP contribution < -0.4 is 15.4 Å². The number of nitrogens with zero attached hydrogens (tertiary/aromatic N) is 3. The largest absolute Gasteiger partial charge is 0.484 e. The summed E-state index contributed by atoms with van der Waals surface area (Å²) in [6.07, 6.45) is 4.70. The van der Waals surface area contributed by atoms with Crippen molar-refractivity contribution in [1.29, 1.82) is 0 Å². The Kier molecular flexibility index (Phi) is 5.74. The van der Waals surface area contributed by atoms with Crippen LogP contribution in [-0.4, -0.2) is 40.8 Å². The molecule has 1 fully saturated rings. The van der Waals surface area contributed by atoms with Gasteiger partial charge in [0.1, 0.15) is 11.8 Å². The summed E-state index contributed by atoms with van der Waals surface area (Å²) in [4.78, 5) is 19.4. The molecule has 32 heavy (non-hydrogen) atoms. The lowest BCUT2D eigenvalue weighted by atomic mass is 10.0. The summed E-state index contributed by atoms with van der Waals surface area (Å²) in [5, 5.41) is 10.6. The van der Waals surface area contributed by atoms with Gasteiger partial charge in [0.15, 0.2) is 6.61 Å². The van der Waals surface area contributed by atoms with Gasteiger partial charge in [0.05, 0.1) is 12.4 Å². The molecule has 5 rings (SSSR count). The SMILES string of the molecule is O=C(COc1ccccc1)N1CCCC[C@H]1c1nc(-c2cccc(C3=CNCN3)c2)no1. The number of nitrogens with one attached hydrogen (secondary N) is 2. The Bertz CT molecular complexity index is 1110. The summed E-state index contributed by atoms with van der Waals surface area (Å²) in [5.74, 6) is 1.59. The van der Waals surface area contributed by atoms with E-state index in [2.05, 4.69) is 20.8 Å². The number of benzene rings is 2. The topological polar surface area (TPSA) is 92.5 Å². The normalized spacial score (nSPS) is 17.9. The molecule has 2 aliphatic rings. The molecule has 3 aromatic rings. The van der Waals surface area contributed by atoms with Gasteiger partial charge in [0, 0.05) is 18.3 Å². The number of para-hydroxylation sites is 1. The third-order valence-corrected chi connectivity index (χ3v) is 5.71. The zero-order chi connectivity index (χ0) is 21.8. The van der Waals surface area contributed by atoms with Crippen molar-refractivity contribution in [3.05, 3.63) is 72.3 Å². The maximum atomic E-state index is 12.9. The van der Waals surface area contributed by atoms with E-state index in [1.807, 2.05) is 60.8 Å². The van der Waals surface area contributed by atoms with E-state index in [1.54, 1.807) is 4.90 Å². The number of aromatic nitrogens is 2. The number of ether oxygens (including phenoxy) is 1. The summed E-state index contributed by atoms with van der Waals surface area (Å²) in [7, 11) is 0. The minimum absolute atomic E-state index is 0.0142. The minimum Gasteiger partial charge on any atom is -0.484 e. The van der Waals surface area contributed by atoms with Gasteiger partial charge in [-0.25, -0.2) is 0 Å². The van der Waals surface area contributed by atoms with Gasteiger partial charge >= 0.3 is 0 Å². The number of hydrogen-bond acceptors (Lipinski definition) is 7. The van der Waals surface area contributed by atoms with Crippen molar-refractivity contribution in [2.24, 2.45) is 0 Å². The number of hydrogen-bond donors (Lipinski definition) is 2. The molecule has 0 aliphatic carbocycles. The van der Waals surface area contributed by atoms with E-state index in [4.69, 9.17) is 9.26 Å². The van der Waals surface area contributed by atoms with Gasteiger partial charge in [-0.2, -0.15) is 4.98 Å². The molecule has 8 heteroatoms. The molecule has 8 nitrogen and oxygen atoms in total. The highest BCUT2D eigenvalue weighted by atomic mass is 16.5. The predicted octanol–water partition coefficient (Wildman–Crippen LogP) is 3.32. The fourth-order valence-corrected chi connectivity index (χ4v) is 4.08. The first kappa shape index (κ1) is 20.1. The number of piperidine rings is 1. The lowest BCUT2D eigenvalue weighted by molar-refractivity contribution is -0.138. The van der Waals surface area contributed by atoms with Gasteiger partial charge in [0.2, 0.25) is 11.7 Å². The van der Waals surface area contributed by atoms with Crippen molar-refractivity contribution in [2.45, 2.75) is 25.3 Å². The van der Waals surface area contributed by atoms with Gasteiger partial charge < -0.3 is 24.8 Å². The Balaban J connectivity index is 1.31. The van der Waals surface area contributed by atoms with Gasteiger partial charge in [-0.1, -0.05) is 41.6 Å². The lowest BCUT2D eigenvalue weighted by Gasteiger charge is -2.33. The molecular weight excluding hydrogens is 406 g/mol. The molecule has 0 radical (unpaired) electrons. The van der Waals surface area contributed by atoms with E-state index in [0.717, 1.165) is 36.1 Å². The van der Waals surface area contributed by atoms with Crippen LogP contribution in [0.5, 0.6) is 5.75 Å². The van der Waals surface area contributed by atoms with Crippen LogP contribution in [0.4, 0.5) is 0 Å². The Labute approximate surface area is 186 Å². The van der Waals surface area contributed by atoms with E-state index in [-0.39, 0.29) is 18.6 Å². The van der Waals surface area contributed by atoms with Gasteiger partial charge in [-0.3, -0.25) is 4.79 Å². The van der Waals surface area contributed by atoms with E-state index < -0.39 is 0 Å². The molecule has 0 unspecified atom stereocenters. The van der Waals surface area contributed by atoms with Gasteiger partial charge in [-0.05, 0) is 43.0 Å². The smallest absolute Gasteiger partial charge is 0.261 e. The highest BCUT2D eigenvalue weighted by Gasteiger charge is 2.32. The number of carbonyl (C=O) groups is 1. The van der Waals surface area contributed by atoms with Crippen LogP contribution in [0, 0.1) is 0 Å². The summed E-state index contributed by atoms with van der Waals surface area (Å²) < 4.78 is 11.3. The Morgan fingerprint density at radius 2 is 2.00 bits per heavy atom. The van der Waals surface area contributed by atoms with Crippen molar-refractivity contribution in [3.63, 3.8) is 0 Å². The molecule has 2 aliphatic heterocycles. The molecule has 1 atom stereocenters. The fraction of sp³-hybridized carbons (Fsp3) is 0.292. The predicted molar refractivity (Wildman–Crippen MR) is 119 cm³/mol. The molecule has 1 amide bonds. The highest BCUT2D eigenvalue weighted by Crippen LogP contribution is 2.31. The molecule has 2 aromatic carbocycles. The molecule has 1 aromatic heterocycles. The average Bonchev–Trinajstić information content (AvgIpc) is 3.56. The van der Waals surface area contributed by atoms with Gasteiger partial charge in [0.25, 0.3) is 5.91 Å². The number of carbonyl (C=O) groups excluding carboxylic acids is 1. The molecule has 0 bridgehead atoms. The van der Waals surface area contributed by atoms with Crippen LogP contribution in [0.15, 0.2) is 65.3 Å².